The third-order valence-corrected chi connectivity index (χ3v) is 3.19. The lowest BCUT2D eigenvalue weighted by molar-refractivity contribution is -0.119. The molecule has 2 aromatic carbocycles. The molecule has 0 unspecified atom stereocenters. The van der Waals surface area contributed by atoms with E-state index in [1.165, 1.54) is 19.1 Å². The fraction of sp³-hybridized carbons (Fsp3) is 0.167. The summed E-state index contributed by atoms with van der Waals surface area (Å²) in [6.07, 6.45) is 0. The molecule has 0 aliphatic carbocycles. The second kappa shape index (κ2) is 7.92. The zero-order chi connectivity index (χ0) is 17.5. The number of aryl methyl sites for hydroxylation is 1. The van der Waals surface area contributed by atoms with Crippen molar-refractivity contribution in [2.24, 2.45) is 0 Å². The Morgan fingerprint density at radius 1 is 0.958 bits per heavy atom. The average Bonchev–Trinajstić information content (AvgIpc) is 2.55. The monoisotopic (exact) mass is 326 g/mol. The third kappa shape index (κ3) is 4.95. The van der Waals surface area contributed by atoms with Crippen LogP contribution in [0.3, 0.4) is 0 Å². The number of rotatable bonds is 5. The van der Waals surface area contributed by atoms with Crippen LogP contribution in [0.1, 0.15) is 22.8 Å². The molecule has 0 aliphatic heterocycles. The molecule has 0 saturated carbocycles. The summed E-state index contributed by atoms with van der Waals surface area (Å²) in [6.45, 7) is 2.90. The van der Waals surface area contributed by atoms with E-state index in [4.69, 9.17) is 4.74 Å². The van der Waals surface area contributed by atoms with Gasteiger partial charge in [-0.3, -0.25) is 9.59 Å². The van der Waals surface area contributed by atoms with Crippen LogP contribution in [0.15, 0.2) is 48.5 Å². The first kappa shape index (κ1) is 17.2. The SMILES string of the molecule is CC(=O)Nc1ccc(C(=O)OCC(=O)Nc2ccccc2C)cc1. The summed E-state index contributed by atoms with van der Waals surface area (Å²) in [4.78, 5) is 34.7. The maximum Gasteiger partial charge on any atom is 0.338 e. The van der Waals surface area contributed by atoms with Crippen molar-refractivity contribution < 1.29 is 19.1 Å². The molecule has 2 amide bonds. The van der Waals surface area contributed by atoms with Crippen molar-refractivity contribution in [1.82, 2.24) is 0 Å². The molecular weight excluding hydrogens is 308 g/mol. The van der Waals surface area contributed by atoms with Gasteiger partial charge in [0.15, 0.2) is 6.61 Å². The maximum atomic E-state index is 11.9. The van der Waals surface area contributed by atoms with Crippen LogP contribution in [-0.4, -0.2) is 24.4 Å². The van der Waals surface area contributed by atoms with E-state index >= 15 is 0 Å². The summed E-state index contributed by atoms with van der Waals surface area (Å²) in [5.41, 5.74) is 2.48. The number of nitrogens with one attached hydrogen (secondary N) is 2. The Kier molecular flexibility index (Phi) is 5.68. The zero-order valence-electron chi connectivity index (χ0n) is 13.5. The summed E-state index contributed by atoms with van der Waals surface area (Å²) < 4.78 is 4.98. The van der Waals surface area contributed by atoms with Gasteiger partial charge >= 0.3 is 5.97 Å². The van der Waals surface area contributed by atoms with Gasteiger partial charge in [-0.05, 0) is 42.8 Å². The Labute approximate surface area is 139 Å². The molecule has 0 heterocycles. The molecule has 0 radical (unpaired) electrons. The highest BCUT2D eigenvalue weighted by Gasteiger charge is 2.11. The predicted molar refractivity (Wildman–Crippen MR) is 90.8 cm³/mol. The molecular formula is C18H18N2O4. The van der Waals surface area contributed by atoms with Crippen LogP contribution in [0.25, 0.3) is 0 Å². The van der Waals surface area contributed by atoms with Gasteiger partial charge in [0.2, 0.25) is 5.91 Å². The summed E-state index contributed by atoms with van der Waals surface area (Å²) in [5.74, 6) is -1.21. The van der Waals surface area contributed by atoms with Crippen LogP contribution in [0.5, 0.6) is 0 Å². The molecule has 0 fully saturated rings. The number of para-hydroxylation sites is 1. The second-order valence-electron chi connectivity index (χ2n) is 5.20. The zero-order valence-corrected chi connectivity index (χ0v) is 13.5. The van der Waals surface area contributed by atoms with E-state index in [1.807, 2.05) is 25.1 Å². The van der Waals surface area contributed by atoms with Crippen LogP contribution >= 0.6 is 0 Å². The first-order chi connectivity index (χ1) is 11.5. The standard InChI is InChI=1S/C18H18N2O4/c1-12-5-3-4-6-16(12)20-17(22)11-24-18(23)14-7-9-15(10-8-14)19-13(2)21/h3-10H,11H2,1-2H3,(H,19,21)(H,20,22). The number of ether oxygens (including phenoxy) is 1. The van der Waals surface area contributed by atoms with Gasteiger partial charge in [0.25, 0.3) is 5.91 Å². The molecule has 0 atom stereocenters. The molecule has 2 aromatic rings. The minimum atomic E-state index is -0.607. The lowest BCUT2D eigenvalue weighted by Gasteiger charge is -2.09. The summed E-state index contributed by atoms with van der Waals surface area (Å²) in [5, 5.41) is 5.28. The van der Waals surface area contributed by atoms with E-state index < -0.39 is 11.9 Å². The van der Waals surface area contributed by atoms with Crippen LogP contribution < -0.4 is 10.6 Å². The molecule has 6 nitrogen and oxygen atoms in total. The Balaban J connectivity index is 1.87. The molecule has 0 aromatic heterocycles. The highest BCUT2D eigenvalue weighted by atomic mass is 16.5. The van der Waals surface area contributed by atoms with E-state index in [1.54, 1.807) is 18.2 Å². The molecule has 0 spiro atoms. The van der Waals surface area contributed by atoms with Crippen molar-refractivity contribution in [2.75, 3.05) is 17.2 Å². The maximum absolute atomic E-state index is 11.9. The van der Waals surface area contributed by atoms with E-state index in [-0.39, 0.29) is 12.5 Å². The van der Waals surface area contributed by atoms with Crippen molar-refractivity contribution in [2.45, 2.75) is 13.8 Å². The van der Waals surface area contributed by atoms with Crippen molar-refractivity contribution in [3.63, 3.8) is 0 Å². The van der Waals surface area contributed by atoms with Gasteiger partial charge in [-0.15, -0.1) is 0 Å². The number of benzene rings is 2. The number of esters is 1. The molecule has 6 heteroatoms. The van der Waals surface area contributed by atoms with Crippen LogP contribution in [0.2, 0.25) is 0 Å². The molecule has 0 saturated heterocycles. The van der Waals surface area contributed by atoms with E-state index in [2.05, 4.69) is 10.6 Å². The molecule has 24 heavy (non-hydrogen) atoms. The minimum Gasteiger partial charge on any atom is -0.452 e. The van der Waals surface area contributed by atoms with Gasteiger partial charge < -0.3 is 15.4 Å². The van der Waals surface area contributed by atoms with Gasteiger partial charge in [-0.25, -0.2) is 4.79 Å². The molecule has 0 aliphatic rings. The van der Waals surface area contributed by atoms with Gasteiger partial charge in [-0.2, -0.15) is 0 Å². The number of carbonyl (C=O) groups is 3. The predicted octanol–water partition coefficient (Wildman–Crippen LogP) is 2.75. The third-order valence-electron chi connectivity index (χ3n) is 3.19. The highest BCUT2D eigenvalue weighted by molar-refractivity contribution is 5.96. The molecule has 2 N–H and O–H groups in total. The quantitative estimate of drug-likeness (QED) is 0.828. The Hall–Kier alpha value is -3.15. The number of carbonyl (C=O) groups excluding carboxylic acids is 3. The van der Waals surface area contributed by atoms with Crippen LogP contribution in [0.4, 0.5) is 11.4 Å². The first-order valence-electron chi connectivity index (χ1n) is 7.36. The molecule has 0 bridgehead atoms. The lowest BCUT2D eigenvalue weighted by atomic mass is 10.2. The Morgan fingerprint density at radius 2 is 1.62 bits per heavy atom. The number of hydrogen-bond donors (Lipinski definition) is 2. The molecule has 2 rings (SSSR count). The Morgan fingerprint density at radius 3 is 2.25 bits per heavy atom. The topological polar surface area (TPSA) is 84.5 Å². The smallest absolute Gasteiger partial charge is 0.338 e. The largest absolute Gasteiger partial charge is 0.452 e. The fourth-order valence-electron chi connectivity index (χ4n) is 2.01. The van der Waals surface area contributed by atoms with Crippen molar-refractivity contribution in [1.29, 1.82) is 0 Å². The normalized spacial score (nSPS) is 9.92. The summed E-state index contributed by atoms with van der Waals surface area (Å²) >= 11 is 0. The number of amides is 2. The van der Waals surface area contributed by atoms with Gasteiger partial charge in [0.1, 0.15) is 0 Å². The minimum absolute atomic E-state index is 0.196. The van der Waals surface area contributed by atoms with E-state index in [9.17, 15) is 14.4 Å². The second-order valence-corrected chi connectivity index (χ2v) is 5.20. The van der Waals surface area contributed by atoms with Crippen molar-refractivity contribution in [3.05, 3.63) is 59.7 Å². The number of anilines is 2. The van der Waals surface area contributed by atoms with Crippen LogP contribution in [-0.2, 0) is 14.3 Å². The van der Waals surface area contributed by atoms with Crippen LogP contribution in [0, 0.1) is 6.92 Å². The Bertz CT molecular complexity index is 754. The summed E-state index contributed by atoms with van der Waals surface area (Å²) in [7, 11) is 0. The van der Waals surface area contributed by atoms with E-state index in [0.29, 0.717) is 16.9 Å². The van der Waals surface area contributed by atoms with E-state index in [0.717, 1.165) is 5.56 Å². The first-order valence-corrected chi connectivity index (χ1v) is 7.36. The molecule has 124 valence electrons. The van der Waals surface area contributed by atoms with Gasteiger partial charge in [0.05, 0.1) is 5.56 Å². The van der Waals surface area contributed by atoms with Crippen molar-refractivity contribution in [3.8, 4) is 0 Å². The lowest BCUT2D eigenvalue weighted by Crippen LogP contribution is -2.21. The average molecular weight is 326 g/mol. The summed E-state index contributed by atoms with van der Waals surface area (Å²) in [6, 6.07) is 13.5. The van der Waals surface area contributed by atoms with Gasteiger partial charge in [-0.1, -0.05) is 18.2 Å². The fourth-order valence-corrected chi connectivity index (χ4v) is 2.01. The number of hydrogen-bond acceptors (Lipinski definition) is 4. The van der Waals surface area contributed by atoms with Gasteiger partial charge in [0, 0.05) is 18.3 Å². The highest BCUT2D eigenvalue weighted by Crippen LogP contribution is 2.13. The van der Waals surface area contributed by atoms with Crippen molar-refractivity contribution >= 4 is 29.2 Å².